The van der Waals surface area contributed by atoms with E-state index in [4.69, 9.17) is 24.9 Å². The number of rotatable bonds is 8. The predicted octanol–water partition coefficient (Wildman–Crippen LogP) is 1.88. The van der Waals surface area contributed by atoms with Gasteiger partial charge >= 0.3 is 0 Å². The van der Waals surface area contributed by atoms with Gasteiger partial charge in [-0.25, -0.2) is 4.99 Å². The van der Waals surface area contributed by atoms with E-state index in [0.29, 0.717) is 18.8 Å². The average Bonchev–Trinajstić information content (AvgIpc) is 3.17. The summed E-state index contributed by atoms with van der Waals surface area (Å²) in [5, 5.41) is 3.31. The Balaban J connectivity index is 1.66. The number of fused-ring (bicyclic) bond motifs is 1. The van der Waals surface area contributed by atoms with E-state index in [-0.39, 0.29) is 13.4 Å². The summed E-state index contributed by atoms with van der Waals surface area (Å²) in [5.41, 5.74) is 7.19. The minimum Gasteiger partial charge on any atom is -0.484 e. The number of amides is 1. The van der Waals surface area contributed by atoms with E-state index in [1.807, 2.05) is 50.4 Å². The summed E-state index contributed by atoms with van der Waals surface area (Å²) in [6.45, 7) is 4.05. The molecule has 0 fully saturated rings. The standard InChI is InChI=1S/C21H26N4O4/c1-3-23-21(24-11-15-5-4-6-17(9-15)27-13-20(22)26)25(2)12-16-7-8-18-19(10-16)29-14-28-18/h4-10H,3,11-14H2,1-2H3,(H2,22,26)(H,23,24). The molecule has 1 aliphatic rings. The first-order valence-corrected chi connectivity index (χ1v) is 9.43. The molecule has 0 spiro atoms. The monoisotopic (exact) mass is 398 g/mol. The van der Waals surface area contributed by atoms with Crippen LogP contribution in [0, 0.1) is 0 Å². The van der Waals surface area contributed by atoms with Crippen LogP contribution in [-0.4, -0.2) is 43.8 Å². The zero-order valence-corrected chi connectivity index (χ0v) is 16.7. The zero-order chi connectivity index (χ0) is 20.6. The number of guanidine groups is 1. The molecular formula is C21H26N4O4. The minimum atomic E-state index is -0.506. The zero-order valence-electron chi connectivity index (χ0n) is 16.7. The van der Waals surface area contributed by atoms with Gasteiger partial charge in [-0.2, -0.15) is 0 Å². The third-order valence-corrected chi connectivity index (χ3v) is 4.24. The van der Waals surface area contributed by atoms with Crippen LogP contribution in [0.3, 0.4) is 0 Å². The second-order valence-corrected chi connectivity index (χ2v) is 6.62. The Bertz CT molecular complexity index is 885. The van der Waals surface area contributed by atoms with Crippen molar-refractivity contribution in [3.8, 4) is 17.2 Å². The third kappa shape index (κ3) is 5.78. The van der Waals surface area contributed by atoms with Crippen molar-refractivity contribution in [2.45, 2.75) is 20.0 Å². The molecule has 1 aliphatic heterocycles. The SMILES string of the molecule is CCNC(=NCc1cccc(OCC(N)=O)c1)N(C)Cc1ccc2c(c1)OCO2. The van der Waals surface area contributed by atoms with Gasteiger partial charge in [0.15, 0.2) is 24.1 Å². The van der Waals surface area contributed by atoms with Crippen molar-refractivity contribution in [1.29, 1.82) is 0 Å². The van der Waals surface area contributed by atoms with Crippen LogP contribution in [0.1, 0.15) is 18.1 Å². The normalized spacial score (nSPS) is 12.6. The van der Waals surface area contributed by atoms with E-state index in [9.17, 15) is 4.79 Å². The minimum absolute atomic E-state index is 0.145. The Morgan fingerprint density at radius 3 is 2.83 bits per heavy atom. The molecule has 2 aromatic carbocycles. The predicted molar refractivity (Wildman–Crippen MR) is 110 cm³/mol. The number of carbonyl (C=O) groups excluding carboxylic acids is 1. The summed E-state index contributed by atoms with van der Waals surface area (Å²) in [5.74, 6) is 2.41. The van der Waals surface area contributed by atoms with Gasteiger partial charge in [-0.15, -0.1) is 0 Å². The Hall–Kier alpha value is -3.42. The van der Waals surface area contributed by atoms with Gasteiger partial charge in [-0.05, 0) is 42.3 Å². The molecule has 3 N–H and O–H groups in total. The van der Waals surface area contributed by atoms with Crippen LogP contribution in [-0.2, 0) is 17.9 Å². The van der Waals surface area contributed by atoms with Crippen LogP contribution >= 0.6 is 0 Å². The highest BCUT2D eigenvalue weighted by Crippen LogP contribution is 2.32. The first kappa shape index (κ1) is 20.3. The topological polar surface area (TPSA) is 98.4 Å². The molecule has 0 bridgehead atoms. The maximum Gasteiger partial charge on any atom is 0.255 e. The van der Waals surface area contributed by atoms with Crippen molar-refractivity contribution in [2.75, 3.05) is 27.0 Å². The molecule has 1 amide bonds. The van der Waals surface area contributed by atoms with Gasteiger partial charge in [0.2, 0.25) is 6.79 Å². The fraction of sp³-hybridized carbons (Fsp3) is 0.333. The Morgan fingerprint density at radius 2 is 2.03 bits per heavy atom. The molecule has 8 nitrogen and oxygen atoms in total. The van der Waals surface area contributed by atoms with Gasteiger partial charge in [0.1, 0.15) is 5.75 Å². The number of ether oxygens (including phenoxy) is 3. The summed E-state index contributed by atoms with van der Waals surface area (Å²) >= 11 is 0. The van der Waals surface area contributed by atoms with E-state index >= 15 is 0 Å². The molecule has 1 heterocycles. The molecule has 0 aromatic heterocycles. The number of nitrogens with zero attached hydrogens (tertiary/aromatic N) is 2. The maximum atomic E-state index is 10.9. The molecule has 8 heteroatoms. The van der Waals surface area contributed by atoms with Crippen LogP contribution in [0.25, 0.3) is 0 Å². The number of primary amides is 1. The van der Waals surface area contributed by atoms with E-state index in [1.54, 1.807) is 6.07 Å². The van der Waals surface area contributed by atoms with Crippen LogP contribution < -0.4 is 25.3 Å². The number of hydrogen-bond donors (Lipinski definition) is 2. The number of aliphatic imine (C=N–C) groups is 1. The van der Waals surface area contributed by atoms with E-state index < -0.39 is 5.91 Å². The average molecular weight is 398 g/mol. The number of hydrogen-bond acceptors (Lipinski definition) is 5. The maximum absolute atomic E-state index is 10.9. The van der Waals surface area contributed by atoms with E-state index in [2.05, 4.69) is 10.2 Å². The second kappa shape index (κ2) is 9.68. The number of nitrogens with one attached hydrogen (secondary N) is 1. The fourth-order valence-electron chi connectivity index (χ4n) is 2.91. The molecule has 0 saturated carbocycles. The molecule has 0 atom stereocenters. The van der Waals surface area contributed by atoms with Crippen molar-refractivity contribution in [3.05, 3.63) is 53.6 Å². The molecular weight excluding hydrogens is 372 g/mol. The van der Waals surface area contributed by atoms with E-state index in [0.717, 1.165) is 35.1 Å². The van der Waals surface area contributed by atoms with Gasteiger partial charge in [0.05, 0.1) is 6.54 Å². The quantitative estimate of drug-likeness (QED) is 0.520. The highest BCUT2D eigenvalue weighted by Gasteiger charge is 2.14. The molecule has 0 saturated heterocycles. The lowest BCUT2D eigenvalue weighted by atomic mass is 10.2. The first-order valence-electron chi connectivity index (χ1n) is 9.43. The third-order valence-electron chi connectivity index (χ3n) is 4.24. The fourth-order valence-corrected chi connectivity index (χ4v) is 2.91. The Labute approximate surface area is 170 Å². The first-order chi connectivity index (χ1) is 14.0. The molecule has 154 valence electrons. The lowest BCUT2D eigenvalue weighted by Crippen LogP contribution is -2.38. The molecule has 0 unspecified atom stereocenters. The Kier molecular flexibility index (Phi) is 6.78. The van der Waals surface area contributed by atoms with Crippen molar-refractivity contribution in [1.82, 2.24) is 10.2 Å². The highest BCUT2D eigenvalue weighted by molar-refractivity contribution is 5.79. The van der Waals surface area contributed by atoms with Crippen molar-refractivity contribution in [2.24, 2.45) is 10.7 Å². The van der Waals surface area contributed by atoms with Crippen LogP contribution in [0.4, 0.5) is 0 Å². The van der Waals surface area contributed by atoms with Gasteiger partial charge in [-0.3, -0.25) is 4.79 Å². The van der Waals surface area contributed by atoms with Gasteiger partial charge in [0.25, 0.3) is 5.91 Å². The molecule has 0 radical (unpaired) electrons. The molecule has 0 aliphatic carbocycles. The number of nitrogens with two attached hydrogens (primary N) is 1. The van der Waals surface area contributed by atoms with Gasteiger partial charge in [0, 0.05) is 20.1 Å². The second-order valence-electron chi connectivity index (χ2n) is 6.62. The largest absolute Gasteiger partial charge is 0.484 e. The van der Waals surface area contributed by atoms with E-state index in [1.165, 1.54) is 0 Å². The summed E-state index contributed by atoms with van der Waals surface area (Å²) < 4.78 is 16.2. The summed E-state index contributed by atoms with van der Waals surface area (Å²) in [7, 11) is 1.98. The van der Waals surface area contributed by atoms with Crippen LogP contribution in [0.2, 0.25) is 0 Å². The smallest absolute Gasteiger partial charge is 0.255 e. The lowest BCUT2D eigenvalue weighted by molar-refractivity contribution is -0.119. The summed E-state index contributed by atoms with van der Waals surface area (Å²) in [6, 6.07) is 13.4. The van der Waals surface area contributed by atoms with Crippen molar-refractivity contribution < 1.29 is 19.0 Å². The summed E-state index contributed by atoms with van der Waals surface area (Å²) in [4.78, 5) is 17.6. The lowest BCUT2D eigenvalue weighted by Gasteiger charge is -2.22. The highest BCUT2D eigenvalue weighted by atomic mass is 16.7. The Morgan fingerprint density at radius 1 is 1.21 bits per heavy atom. The van der Waals surface area contributed by atoms with Gasteiger partial charge in [-0.1, -0.05) is 18.2 Å². The molecule has 3 rings (SSSR count). The molecule has 2 aromatic rings. The summed E-state index contributed by atoms with van der Waals surface area (Å²) in [6.07, 6.45) is 0. The van der Waals surface area contributed by atoms with Crippen LogP contribution in [0.5, 0.6) is 17.2 Å². The number of carbonyl (C=O) groups is 1. The van der Waals surface area contributed by atoms with Crippen LogP contribution in [0.15, 0.2) is 47.5 Å². The number of benzene rings is 2. The van der Waals surface area contributed by atoms with Crippen molar-refractivity contribution >= 4 is 11.9 Å². The van der Waals surface area contributed by atoms with Crippen molar-refractivity contribution in [3.63, 3.8) is 0 Å². The van der Waals surface area contributed by atoms with Gasteiger partial charge < -0.3 is 30.2 Å². The molecule has 29 heavy (non-hydrogen) atoms.